The standard InChI is InChI=1S/C15H29N3O2/c1-13-5-3-4-9-18(13)15(19)16-8-10-17(11-12-20-2)14-6-7-14/h13-14H,3-12H2,1-2H3,(H,16,19). The summed E-state index contributed by atoms with van der Waals surface area (Å²) in [6.45, 7) is 6.46. The number of methoxy groups -OCH3 is 1. The summed E-state index contributed by atoms with van der Waals surface area (Å²) in [6.07, 6.45) is 6.11. The Morgan fingerprint density at radius 3 is 2.75 bits per heavy atom. The van der Waals surface area contributed by atoms with Gasteiger partial charge in [0.2, 0.25) is 0 Å². The molecule has 1 heterocycles. The van der Waals surface area contributed by atoms with Crippen LogP contribution in [-0.4, -0.2) is 67.8 Å². The van der Waals surface area contributed by atoms with E-state index in [1.54, 1.807) is 7.11 Å². The van der Waals surface area contributed by atoms with Crippen LogP contribution in [0.4, 0.5) is 4.79 Å². The molecule has 1 aliphatic carbocycles. The van der Waals surface area contributed by atoms with Crippen molar-refractivity contribution in [3.8, 4) is 0 Å². The summed E-state index contributed by atoms with van der Waals surface area (Å²) in [7, 11) is 1.74. The second-order valence-electron chi connectivity index (χ2n) is 6.03. The molecule has 1 unspecified atom stereocenters. The Morgan fingerprint density at radius 2 is 2.10 bits per heavy atom. The Morgan fingerprint density at radius 1 is 1.30 bits per heavy atom. The number of rotatable bonds is 7. The first-order valence-electron chi connectivity index (χ1n) is 8.00. The van der Waals surface area contributed by atoms with Gasteiger partial charge in [-0.1, -0.05) is 0 Å². The molecule has 0 aromatic rings. The van der Waals surface area contributed by atoms with Gasteiger partial charge in [-0.15, -0.1) is 0 Å². The molecular weight excluding hydrogens is 254 g/mol. The molecule has 0 aromatic carbocycles. The second kappa shape index (κ2) is 7.84. The molecule has 2 amide bonds. The summed E-state index contributed by atoms with van der Waals surface area (Å²) >= 11 is 0. The highest BCUT2D eigenvalue weighted by atomic mass is 16.5. The van der Waals surface area contributed by atoms with Gasteiger partial charge >= 0.3 is 6.03 Å². The van der Waals surface area contributed by atoms with Crippen LogP contribution in [-0.2, 0) is 4.74 Å². The van der Waals surface area contributed by atoms with Crippen LogP contribution in [0.2, 0.25) is 0 Å². The largest absolute Gasteiger partial charge is 0.383 e. The molecule has 1 aliphatic heterocycles. The van der Waals surface area contributed by atoms with Gasteiger partial charge < -0.3 is 15.0 Å². The van der Waals surface area contributed by atoms with E-state index >= 15 is 0 Å². The quantitative estimate of drug-likeness (QED) is 0.773. The molecule has 5 heteroatoms. The molecule has 0 radical (unpaired) electrons. The maximum absolute atomic E-state index is 12.2. The number of carbonyl (C=O) groups is 1. The number of nitrogens with zero attached hydrogens (tertiary/aromatic N) is 2. The zero-order valence-electron chi connectivity index (χ0n) is 12.9. The zero-order valence-corrected chi connectivity index (χ0v) is 12.9. The van der Waals surface area contributed by atoms with Crippen LogP contribution in [0.5, 0.6) is 0 Å². The van der Waals surface area contributed by atoms with Crippen molar-refractivity contribution in [2.75, 3.05) is 39.9 Å². The number of urea groups is 1. The van der Waals surface area contributed by atoms with Crippen molar-refractivity contribution >= 4 is 6.03 Å². The second-order valence-corrected chi connectivity index (χ2v) is 6.03. The lowest BCUT2D eigenvalue weighted by Gasteiger charge is -2.33. The van der Waals surface area contributed by atoms with Gasteiger partial charge in [0.05, 0.1) is 6.61 Å². The minimum atomic E-state index is 0.111. The van der Waals surface area contributed by atoms with Crippen molar-refractivity contribution in [2.45, 2.75) is 51.1 Å². The van der Waals surface area contributed by atoms with Crippen LogP contribution in [0.1, 0.15) is 39.0 Å². The normalized spacial score (nSPS) is 23.1. The summed E-state index contributed by atoms with van der Waals surface area (Å²) in [5.41, 5.74) is 0. The molecule has 5 nitrogen and oxygen atoms in total. The van der Waals surface area contributed by atoms with E-state index in [0.29, 0.717) is 6.04 Å². The molecule has 1 saturated heterocycles. The number of likely N-dealkylation sites (tertiary alicyclic amines) is 1. The lowest BCUT2D eigenvalue weighted by molar-refractivity contribution is 0.139. The highest BCUT2D eigenvalue weighted by molar-refractivity contribution is 5.74. The van der Waals surface area contributed by atoms with Gasteiger partial charge in [-0.3, -0.25) is 4.90 Å². The Kier molecular flexibility index (Phi) is 6.10. The van der Waals surface area contributed by atoms with E-state index in [4.69, 9.17) is 4.74 Å². The Labute approximate surface area is 122 Å². The van der Waals surface area contributed by atoms with E-state index < -0.39 is 0 Å². The third-order valence-electron chi connectivity index (χ3n) is 4.38. The molecule has 1 N–H and O–H groups in total. The molecule has 2 aliphatic rings. The fraction of sp³-hybridized carbons (Fsp3) is 0.933. The SMILES string of the molecule is COCCN(CCNC(=O)N1CCCCC1C)C1CC1. The monoisotopic (exact) mass is 283 g/mol. The Bertz CT molecular complexity index is 307. The summed E-state index contributed by atoms with van der Waals surface area (Å²) in [6, 6.07) is 1.22. The van der Waals surface area contributed by atoms with Crippen LogP contribution in [0.25, 0.3) is 0 Å². The molecule has 1 saturated carbocycles. The number of hydrogen-bond acceptors (Lipinski definition) is 3. The number of hydrogen-bond donors (Lipinski definition) is 1. The molecule has 0 aromatic heterocycles. The van der Waals surface area contributed by atoms with Crippen molar-refractivity contribution in [1.82, 2.24) is 15.1 Å². The van der Waals surface area contributed by atoms with E-state index in [1.165, 1.54) is 19.3 Å². The first-order chi connectivity index (χ1) is 9.72. The highest BCUT2D eigenvalue weighted by Gasteiger charge is 2.28. The first kappa shape index (κ1) is 15.6. The van der Waals surface area contributed by atoms with Crippen molar-refractivity contribution < 1.29 is 9.53 Å². The van der Waals surface area contributed by atoms with Crippen LogP contribution in [0.3, 0.4) is 0 Å². The van der Waals surface area contributed by atoms with Crippen molar-refractivity contribution in [3.05, 3.63) is 0 Å². The molecular formula is C15H29N3O2. The van der Waals surface area contributed by atoms with Crippen LogP contribution in [0.15, 0.2) is 0 Å². The number of piperidine rings is 1. The number of amides is 2. The van der Waals surface area contributed by atoms with Crippen molar-refractivity contribution in [2.24, 2.45) is 0 Å². The van der Waals surface area contributed by atoms with E-state index in [2.05, 4.69) is 17.1 Å². The predicted molar refractivity (Wildman–Crippen MR) is 79.9 cm³/mol. The minimum Gasteiger partial charge on any atom is -0.383 e. The summed E-state index contributed by atoms with van der Waals surface area (Å²) in [5.74, 6) is 0. The topological polar surface area (TPSA) is 44.8 Å². The molecule has 1 atom stereocenters. The first-order valence-corrected chi connectivity index (χ1v) is 8.00. The van der Waals surface area contributed by atoms with Gasteiger partial charge in [0, 0.05) is 45.4 Å². The third-order valence-corrected chi connectivity index (χ3v) is 4.38. The molecule has 0 spiro atoms. The van der Waals surface area contributed by atoms with Gasteiger partial charge in [0.25, 0.3) is 0 Å². The maximum Gasteiger partial charge on any atom is 0.317 e. The average Bonchev–Trinajstić information content (AvgIpc) is 3.27. The molecule has 116 valence electrons. The van der Waals surface area contributed by atoms with Crippen LogP contribution < -0.4 is 5.32 Å². The average molecular weight is 283 g/mol. The Balaban J connectivity index is 1.66. The van der Waals surface area contributed by atoms with Crippen LogP contribution >= 0.6 is 0 Å². The van der Waals surface area contributed by atoms with Crippen molar-refractivity contribution in [3.63, 3.8) is 0 Å². The van der Waals surface area contributed by atoms with Crippen molar-refractivity contribution in [1.29, 1.82) is 0 Å². The van der Waals surface area contributed by atoms with Gasteiger partial charge in [-0.05, 0) is 39.0 Å². The third kappa shape index (κ3) is 4.63. The van der Waals surface area contributed by atoms with E-state index in [-0.39, 0.29) is 6.03 Å². The molecule has 2 rings (SSSR count). The number of ether oxygens (including phenoxy) is 1. The van der Waals surface area contributed by atoms with E-state index in [9.17, 15) is 4.79 Å². The van der Waals surface area contributed by atoms with Gasteiger partial charge in [-0.2, -0.15) is 0 Å². The van der Waals surface area contributed by atoms with Crippen LogP contribution in [0, 0.1) is 0 Å². The molecule has 20 heavy (non-hydrogen) atoms. The fourth-order valence-corrected chi connectivity index (χ4v) is 2.93. The lowest BCUT2D eigenvalue weighted by atomic mass is 10.0. The molecule has 2 fully saturated rings. The lowest BCUT2D eigenvalue weighted by Crippen LogP contribution is -2.49. The maximum atomic E-state index is 12.2. The van der Waals surface area contributed by atoms with Gasteiger partial charge in [0.15, 0.2) is 0 Å². The smallest absolute Gasteiger partial charge is 0.317 e. The van der Waals surface area contributed by atoms with Gasteiger partial charge in [-0.25, -0.2) is 4.79 Å². The summed E-state index contributed by atoms with van der Waals surface area (Å²) in [5, 5.41) is 3.08. The number of nitrogens with one attached hydrogen (secondary N) is 1. The van der Waals surface area contributed by atoms with Gasteiger partial charge in [0.1, 0.15) is 0 Å². The highest BCUT2D eigenvalue weighted by Crippen LogP contribution is 2.26. The summed E-state index contributed by atoms with van der Waals surface area (Å²) in [4.78, 5) is 16.6. The predicted octanol–water partition coefficient (Wildman–Crippen LogP) is 1.68. The summed E-state index contributed by atoms with van der Waals surface area (Å²) < 4.78 is 5.15. The Hall–Kier alpha value is -0.810. The van der Waals surface area contributed by atoms with E-state index in [1.807, 2.05) is 4.90 Å². The minimum absolute atomic E-state index is 0.111. The fourth-order valence-electron chi connectivity index (χ4n) is 2.93. The molecule has 0 bridgehead atoms. The number of carbonyl (C=O) groups excluding carboxylic acids is 1. The zero-order chi connectivity index (χ0) is 14.4. The van der Waals surface area contributed by atoms with E-state index in [0.717, 1.165) is 51.7 Å².